The maximum absolute atomic E-state index is 4.41. The predicted molar refractivity (Wildman–Crippen MR) is 97.6 cm³/mol. The molecule has 0 saturated carbocycles. The smallest absolute Gasteiger partial charge is 0.212 e. The molecule has 6 heteroatoms. The summed E-state index contributed by atoms with van der Waals surface area (Å²) in [4.78, 5) is 6.68. The molecule has 112 valence electrons. The second-order valence-electron chi connectivity index (χ2n) is 4.50. The fourth-order valence-corrected chi connectivity index (χ4v) is 3.06. The average molecular weight is 328 g/mol. The van der Waals surface area contributed by atoms with Gasteiger partial charge in [0.2, 0.25) is 5.96 Å². The van der Waals surface area contributed by atoms with E-state index in [1.165, 1.54) is 9.75 Å². The van der Waals surface area contributed by atoms with Crippen molar-refractivity contribution in [2.75, 3.05) is 13.1 Å². The summed E-state index contributed by atoms with van der Waals surface area (Å²) in [5, 5.41) is 11.7. The summed E-state index contributed by atoms with van der Waals surface area (Å²) < 4.78 is 0. The monoisotopic (exact) mass is 328 g/mol. The first-order chi connectivity index (χ1) is 10.9. The molecule has 0 aliphatic carbocycles. The van der Waals surface area contributed by atoms with Crippen LogP contribution in [0.3, 0.4) is 0 Å². The van der Waals surface area contributed by atoms with Crippen LogP contribution >= 0.6 is 22.7 Å². The molecular weight excluding hydrogens is 312 g/mol. The summed E-state index contributed by atoms with van der Waals surface area (Å²) in [6.45, 7) is 1.66. The Bertz CT molecular complexity index is 648. The number of thiophene rings is 2. The van der Waals surface area contributed by atoms with Crippen LogP contribution in [0, 0.1) is 0 Å². The molecule has 0 unspecified atom stereocenters. The Morgan fingerprint density at radius 2 is 1.82 bits per heavy atom. The standard InChI is InChI=1S/C16H16N4S2/c1-3-14(21-11-1)7-5-13(6-8-15-4-2-12-22-15)19-20-16-17-9-10-18-16/h1-8,11-12H,9-10H2,(H2,17,18,20)/b7-5+,8-6+. The van der Waals surface area contributed by atoms with Crippen molar-refractivity contribution in [3.8, 4) is 0 Å². The molecule has 0 atom stereocenters. The summed E-state index contributed by atoms with van der Waals surface area (Å²) in [5.74, 6) is 0.728. The molecule has 1 aliphatic rings. The van der Waals surface area contributed by atoms with Gasteiger partial charge in [-0.3, -0.25) is 0 Å². The molecule has 0 aromatic carbocycles. The van der Waals surface area contributed by atoms with Gasteiger partial charge in [0.25, 0.3) is 0 Å². The Morgan fingerprint density at radius 1 is 1.14 bits per heavy atom. The average Bonchev–Trinajstić information content (AvgIpc) is 3.29. The van der Waals surface area contributed by atoms with E-state index in [0.29, 0.717) is 0 Å². The number of nitrogens with one attached hydrogen (secondary N) is 2. The minimum atomic E-state index is 0.728. The van der Waals surface area contributed by atoms with E-state index in [1.807, 2.05) is 24.3 Å². The van der Waals surface area contributed by atoms with Crippen molar-refractivity contribution in [2.24, 2.45) is 10.1 Å². The van der Waals surface area contributed by atoms with Crippen molar-refractivity contribution in [3.05, 3.63) is 56.9 Å². The van der Waals surface area contributed by atoms with Gasteiger partial charge in [-0.15, -0.1) is 22.7 Å². The molecule has 0 saturated heterocycles. The van der Waals surface area contributed by atoms with E-state index in [9.17, 15) is 0 Å². The van der Waals surface area contributed by atoms with Crippen LogP contribution in [0.4, 0.5) is 0 Å². The van der Waals surface area contributed by atoms with Crippen LogP contribution in [-0.4, -0.2) is 24.8 Å². The first kappa shape index (κ1) is 14.7. The molecule has 0 spiro atoms. The van der Waals surface area contributed by atoms with E-state index in [-0.39, 0.29) is 0 Å². The van der Waals surface area contributed by atoms with Gasteiger partial charge in [0.15, 0.2) is 0 Å². The zero-order chi connectivity index (χ0) is 15.0. The number of hydrazone groups is 1. The van der Waals surface area contributed by atoms with Crippen molar-refractivity contribution in [1.82, 2.24) is 10.7 Å². The van der Waals surface area contributed by atoms with Crippen LogP contribution < -0.4 is 10.7 Å². The second-order valence-corrected chi connectivity index (χ2v) is 6.46. The number of allylic oxidation sites excluding steroid dienone is 2. The lowest BCUT2D eigenvalue weighted by molar-refractivity contribution is 0.918. The maximum atomic E-state index is 4.41. The normalized spacial score (nSPS) is 14.3. The largest absolute Gasteiger partial charge is 0.353 e. The highest BCUT2D eigenvalue weighted by molar-refractivity contribution is 7.11. The SMILES string of the molecule is C(=C\c1cccs1)/C(/C=C/c1cccs1)=NNC1=NCCN1. The van der Waals surface area contributed by atoms with Gasteiger partial charge in [0, 0.05) is 16.3 Å². The molecule has 2 aromatic rings. The molecule has 1 aliphatic heterocycles. The van der Waals surface area contributed by atoms with Crippen molar-refractivity contribution >= 4 is 46.5 Å². The Labute approximate surface area is 137 Å². The number of hydrogen-bond donors (Lipinski definition) is 2. The molecule has 0 fully saturated rings. The summed E-state index contributed by atoms with van der Waals surface area (Å²) in [7, 11) is 0. The Balaban J connectivity index is 1.73. The van der Waals surface area contributed by atoms with Crippen molar-refractivity contribution in [1.29, 1.82) is 0 Å². The lowest BCUT2D eigenvalue weighted by atomic mass is 10.2. The van der Waals surface area contributed by atoms with Crippen LogP contribution in [0.5, 0.6) is 0 Å². The van der Waals surface area contributed by atoms with E-state index in [1.54, 1.807) is 22.7 Å². The third-order valence-corrected chi connectivity index (χ3v) is 4.56. The number of hydrogen-bond acceptors (Lipinski definition) is 6. The minimum absolute atomic E-state index is 0.728. The fraction of sp³-hybridized carbons (Fsp3) is 0.125. The van der Waals surface area contributed by atoms with Gasteiger partial charge in [0.1, 0.15) is 0 Å². The highest BCUT2D eigenvalue weighted by Crippen LogP contribution is 2.12. The second kappa shape index (κ2) is 7.72. The van der Waals surface area contributed by atoms with E-state index in [0.717, 1.165) is 24.8 Å². The first-order valence-electron chi connectivity index (χ1n) is 6.95. The molecule has 2 aromatic heterocycles. The third kappa shape index (κ3) is 4.41. The number of rotatable bonds is 5. The van der Waals surface area contributed by atoms with Crippen LogP contribution in [0.15, 0.2) is 57.3 Å². The summed E-state index contributed by atoms with van der Waals surface area (Å²) >= 11 is 3.41. The first-order valence-corrected chi connectivity index (χ1v) is 8.71. The van der Waals surface area contributed by atoms with Gasteiger partial charge < -0.3 is 5.32 Å². The van der Waals surface area contributed by atoms with E-state index >= 15 is 0 Å². The van der Waals surface area contributed by atoms with Gasteiger partial charge in [0.05, 0.1) is 12.3 Å². The van der Waals surface area contributed by atoms with Crippen LogP contribution in [0.25, 0.3) is 12.2 Å². The molecule has 0 amide bonds. The molecule has 22 heavy (non-hydrogen) atoms. The van der Waals surface area contributed by atoms with E-state index in [4.69, 9.17) is 0 Å². The molecule has 2 N–H and O–H groups in total. The molecule has 4 nitrogen and oxygen atoms in total. The zero-order valence-electron chi connectivity index (χ0n) is 11.9. The topological polar surface area (TPSA) is 48.8 Å². The third-order valence-electron chi connectivity index (χ3n) is 2.89. The molecule has 0 radical (unpaired) electrons. The highest BCUT2D eigenvalue weighted by atomic mass is 32.1. The number of guanidine groups is 1. The van der Waals surface area contributed by atoms with Gasteiger partial charge in [-0.1, -0.05) is 12.1 Å². The predicted octanol–water partition coefficient (Wildman–Crippen LogP) is 3.44. The zero-order valence-corrected chi connectivity index (χ0v) is 13.5. The minimum Gasteiger partial charge on any atom is -0.353 e. The Morgan fingerprint density at radius 3 is 2.32 bits per heavy atom. The van der Waals surface area contributed by atoms with Crippen molar-refractivity contribution in [3.63, 3.8) is 0 Å². The van der Waals surface area contributed by atoms with Crippen molar-refractivity contribution < 1.29 is 0 Å². The van der Waals surface area contributed by atoms with Gasteiger partial charge in [-0.2, -0.15) is 5.10 Å². The molecule has 0 bridgehead atoms. The van der Waals surface area contributed by atoms with Gasteiger partial charge >= 0.3 is 0 Å². The molecule has 3 rings (SSSR count). The molecular formula is C16H16N4S2. The van der Waals surface area contributed by atoms with E-state index < -0.39 is 0 Å². The Hall–Kier alpha value is -2.18. The lowest BCUT2D eigenvalue weighted by Gasteiger charge is -2.01. The maximum Gasteiger partial charge on any atom is 0.212 e. The Kier molecular flexibility index (Phi) is 5.18. The lowest BCUT2D eigenvalue weighted by Crippen LogP contribution is -2.30. The summed E-state index contributed by atoms with van der Waals surface area (Å²) in [5.41, 5.74) is 3.82. The van der Waals surface area contributed by atoms with E-state index in [2.05, 4.69) is 55.9 Å². The van der Waals surface area contributed by atoms with Gasteiger partial charge in [-0.25, -0.2) is 10.4 Å². The highest BCUT2D eigenvalue weighted by Gasteiger charge is 2.02. The summed E-state index contributed by atoms with van der Waals surface area (Å²) in [6.07, 6.45) is 8.12. The van der Waals surface area contributed by atoms with Gasteiger partial charge in [-0.05, 0) is 47.2 Å². The van der Waals surface area contributed by atoms with Crippen LogP contribution in [0.1, 0.15) is 9.75 Å². The number of nitrogens with zero attached hydrogens (tertiary/aromatic N) is 2. The quantitative estimate of drug-likeness (QED) is 0.652. The van der Waals surface area contributed by atoms with Crippen LogP contribution in [-0.2, 0) is 0 Å². The molecule has 3 heterocycles. The van der Waals surface area contributed by atoms with Crippen molar-refractivity contribution in [2.45, 2.75) is 0 Å². The summed E-state index contributed by atoms with van der Waals surface area (Å²) in [6, 6.07) is 8.24. The van der Waals surface area contributed by atoms with Crippen LogP contribution in [0.2, 0.25) is 0 Å². The number of aliphatic imine (C=N–C) groups is 1. The fourth-order valence-electron chi connectivity index (χ4n) is 1.83.